The van der Waals surface area contributed by atoms with Crippen LogP contribution in [0.1, 0.15) is 33.0 Å². The summed E-state index contributed by atoms with van der Waals surface area (Å²) in [7, 11) is 0. The number of halogens is 3. The van der Waals surface area contributed by atoms with Crippen molar-refractivity contribution in [3.8, 4) is 5.75 Å². The molecule has 2 heterocycles. The van der Waals surface area contributed by atoms with Crippen molar-refractivity contribution in [2.24, 2.45) is 0 Å². The molecule has 0 saturated heterocycles. The number of aryl methyl sites for hydroxylation is 2. The van der Waals surface area contributed by atoms with Crippen LogP contribution in [0.5, 0.6) is 5.75 Å². The van der Waals surface area contributed by atoms with E-state index < -0.39 is 0 Å². The Hall–Kier alpha value is -3.00. The molecule has 4 aromatic rings. The van der Waals surface area contributed by atoms with Crippen molar-refractivity contribution in [2.75, 3.05) is 5.32 Å². The quantitative estimate of drug-likeness (QED) is 0.311. The number of carbonyl (C=O) groups excluding carboxylic acids is 1. The lowest BCUT2D eigenvalue weighted by atomic mass is 10.2. The molecule has 0 fully saturated rings. The van der Waals surface area contributed by atoms with Gasteiger partial charge in [-0.1, -0.05) is 40.9 Å². The molecule has 2 aromatic heterocycles. The van der Waals surface area contributed by atoms with E-state index in [0.29, 0.717) is 38.7 Å². The van der Waals surface area contributed by atoms with Crippen LogP contribution in [0.4, 0.5) is 5.69 Å². The molecule has 0 saturated carbocycles. The molecule has 0 unspecified atom stereocenters. The van der Waals surface area contributed by atoms with Crippen molar-refractivity contribution in [2.45, 2.75) is 34.0 Å². The molecule has 0 aliphatic rings. The third-order valence-electron chi connectivity index (χ3n) is 5.32. The summed E-state index contributed by atoms with van der Waals surface area (Å²) >= 11 is 18.3. The maximum absolute atomic E-state index is 12.8. The van der Waals surface area contributed by atoms with Gasteiger partial charge < -0.3 is 10.1 Å². The summed E-state index contributed by atoms with van der Waals surface area (Å²) in [5, 5.41) is 13.6. The molecule has 0 atom stereocenters. The fourth-order valence-electron chi connectivity index (χ4n) is 3.42. The van der Waals surface area contributed by atoms with Gasteiger partial charge in [0.2, 0.25) is 0 Å². The standard InChI is InChI=1S/C24H22Cl3N5O2/c1-14-10-19(6-7-20(14)26)34-13-31-9-8-22(30-31)24(33)28-23-15(2)29-32(16(23)3)12-17-4-5-18(25)11-21(17)27/h4-11H,12-13H2,1-3H3,(H,28,33). The van der Waals surface area contributed by atoms with Gasteiger partial charge in [-0.15, -0.1) is 0 Å². The molecule has 0 aliphatic carbocycles. The monoisotopic (exact) mass is 517 g/mol. The van der Waals surface area contributed by atoms with Gasteiger partial charge >= 0.3 is 0 Å². The van der Waals surface area contributed by atoms with E-state index in [1.807, 2.05) is 32.9 Å². The number of hydrogen-bond donors (Lipinski definition) is 1. The molecule has 0 bridgehead atoms. The average molecular weight is 519 g/mol. The van der Waals surface area contributed by atoms with Crippen molar-refractivity contribution < 1.29 is 9.53 Å². The lowest BCUT2D eigenvalue weighted by molar-refractivity contribution is 0.102. The molecular formula is C24H22Cl3N5O2. The van der Waals surface area contributed by atoms with Crippen molar-refractivity contribution in [1.82, 2.24) is 19.6 Å². The van der Waals surface area contributed by atoms with Crippen molar-refractivity contribution in [3.05, 3.63) is 91.9 Å². The minimum absolute atomic E-state index is 0.159. The van der Waals surface area contributed by atoms with Gasteiger partial charge in [-0.2, -0.15) is 10.2 Å². The van der Waals surface area contributed by atoms with E-state index >= 15 is 0 Å². The third kappa shape index (κ3) is 5.38. The molecule has 34 heavy (non-hydrogen) atoms. The first kappa shape index (κ1) is 24.1. The summed E-state index contributed by atoms with van der Waals surface area (Å²) in [4.78, 5) is 12.8. The van der Waals surface area contributed by atoms with Gasteiger partial charge in [0.1, 0.15) is 5.75 Å². The Kier molecular flexibility index (Phi) is 7.16. The van der Waals surface area contributed by atoms with Crippen molar-refractivity contribution in [3.63, 3.8) is 0 Å². The highest BCUT2D eigenvalue weighted by atomic mass is 35.5. The largest absolute Gasteiger partial charge is 0.471 e. The molecule has 7 nitrogen and oxygen atoms in total. The van der Waals surface area contributed by atoms with Crippen LogP contribution >= 0.6 is 34.8 Å². The van der Waals surface area contributed by atoms with Crippen molar-refractivity contribution >= 4 is 46.4 Å². The summed E-state index contributed by atoms with van der Waals surface area (Å²) < 4.78 is 9.07. The maximum Gasteiger partial charge on any atom is 0.276 e. The SMILES string of the molecule is Cc1cc(OCn2ccc(C(=O)Nc3c(C)nn(Cc4ccc(Cl)cc4Cl)c3C)n2)ccc1Cl. The summed E-state index contributed by atoms with van der Waals surface area (Å²) in [5.74, 6) is 0.333. The molecule has 2 aromatic carbocycles. The normalized spacial score (nSPS) is 11.0. The molecular weight excluding hydrogens is 497 g/mol. The van der Waals surface area contributed by atoms with Crippen LogP contribution in [0.15, 0.2) is 48.7 Å². The first-order valence-corrected chi connectivity index (χ1v) is 11.6. The van der Waals surface area contributed by atoms with E-state index in [2.05, 4.69) is 15.5 Å². The number of anilines is 1. The minimum atomic E-state index is -0.337. The number of nitrogens with one attached hydrogen (secondary N) is 1. The Morgan fingerprint density at radius 3 is 2.53 bits per heavy atom. The first-order valence-electron chi connectivity index (χ1n) is 10.4. The molecule has 0 aliphatic heterocycles. The van der Waals surface area contributed by atoms with Crippen LogP contribution < -0.4 is 10.1 Å². The van der Waals surface area contributed by atoms with Crippen LogP contribution in [0, 0.1) is 20.8 Å². The predicted molar refractivity (Wildman–Crippen MR) is 134 cm³/mol. The Labute approximate surface area is 212 Å². The Balaban J connectivity index is 1.42. The Morgan fingerprint density at radius 1 is 1.00 bits per heavy atom. The lowest BCUT2D eigenvalue weighted by Crippen LogP contribution is -2.15. The number of benzene rings is 2. The van der Waals surface area contributed by atoms with Crippen molar-refractivity contribution in [1.29, 1.82) is 0 Å². The zero-order chi connectivity index (χ0) is 24.4. The van der Waals surface area contributed by atoms with E-state index in [1.165, 1.54) is 0 Å². The molecule has 1 N–H and O–H groups in total. The van der Waals surface area contributed by atoms with Gasteiger partial charge in [-0.05, 0) is 68.3 Å². The van der Waals surface area contributed by atoms with Gasteiger partial charge in [-0.25, -0.2) is 4.68 Å². The Morgan fingerprint density at radius 2 is 1.79 bits per heavy atom. The number of aromatic nitrogens is 4. The van der Waals surface area contributed by atoms with Gasteiger partial charge in [0.25, 0.3) is 5.91 Å². The Bertz CT molecular complexity index is 1360. The zero-order valence-corrected chi connectivity index (χ0v) is 21.0. The summed E-state index contributed by atoms with van der Waals surface area (Å²) in [6.07, 6.45) is 1.68. The fourth-order valence-corrected chi connectivity index (χ4v) is 4.01. The molecule has 1 amide bonds. The molecule has 10 heteroatoms. The van der Waals surface area contributed by atoms with Crippen LogP contribution in [-0.4, -0.2) is 25.5 Å². The highest BCUT2D eigenvalue weighted by Crippen LogP contribution is 2.25. The summed E-state index contributed by atoms with van der Waals surface area (Å²) in [6, 6.07) is 12.4. The van der Waals surface area contributed by atoms with Crippen LogP contribution in [-0.2, 0) is 13.3 Å². The van der Waals surface area contributed by atoms with E-state index in [4.69, 9.17) is 39.5 Å². The predicted octanol–water partition coefficient (Wildman–Crippen LogP) is 6.30. The number of carbonyl (C=O) groups is 1. The van der Waals surface area contributed by atoms with Crippen LogP contribution in [0.3, 0.4) is 0 Å². The number of hydrogen-bond acceptors (Lipinski definition) is 4. The minimum Gasteiger partial charge on any atom is -0.471 e. The highest BCUT2D eigenvalue weighted by molar-refractivity contribution is 6.35. The maximum atomic E-state index is 12.8. The number of ether oxygens (including phenoxy) is 1. The lowest BCUT2D eigenvalue weighted by Gasteiger charge is -2.08. The molecule has 176 valence electrons. The molecule has 4 rings (SSSR count). The van der Waals surface area contributed by atoms with Gasteiger partial charge in [0.15, 0.2) is 12.4 Å². The topological polar surface area (TPSA) is 74.0 Å². The van der Waals surface area contributed by atoms with Gasteiger partial charge in [0.05, 0.1) is 23.6 Å². The smallest absolute Gasteiger partial charge is 0.276 e. The van der Waals surface area contributed by atoms with Gasteiger partial charge in [-0.3, -0.25) is 9.48 Å². The van der Waals surface area contributed by atoms with E-state index in [0.717, 1.165) is 16.8 Å². The number of nitrogens with zero attached hydrogens (tertiary/aromatic N) is 4. The van der Waals surface area contributed by atoms with Crippen LogP contribution in [0.25, 0.3) is 0 Å². The third-order valence-corrected chi connectivity index (χ3v) is 6.33. The van der Waals surface area contributed by atoms with E-state index in [9.17, 15) is 4.79 Å². The summed E-state index contributed by atoms with van der Waals surface area (Å²) in [6.45, 7) is 6.24. The molecule has 0 radical (unpaired) electrons. The van der Waals surface area contributed by atoms with E-state index in [-0.39, 0.29) is 18.3 Å². The van der Waals surface area contributed by atoms with Gasteiger partial charge in [0, 0.05) is 21.3 Å². The highest BCUT2D eigenvalue weighted by Gasteiger charge is 2.18. The second kappa shape index (κ2) is 10.1. The zero-order valence-electron chi connectivity index (χ0n) is 18.8. The fraction of sp³-hybridized carbons (Fsp3) is 0.208. The average Bonchev–Trinajstić information content (AvgIpc) is 3.37. The molecule has 0 spiro atoms. The second-order valence-electron chi connectivity index (χ2n) is 7.82. The number of amides is 1. The van der Waals surface area contributed by atoms with E-state index in [1.54, 1.807) is 45.9 Å². The second-order valence-corrected chi connectivity index (χ2v) is 9.07. The number of rotatable bonds is 7. The van der Waals surface area contributed by atoms with Crippen LogP contribution in [0.2, 0.25) is 15.1 Å². The summed E-state index contributed by atoms with van der Waals surface area (Å²) in [5.41, 5.74) is 4.20. The first-order chi connectivity index (χ1) is 16.2.